The molecule has 1 aliphatic rings. The molecule has 1 atom stereocenters. The topological polar surface area (TPSA) is 38.3 Å². The molecule has 0 spiro atoms. The van der Waals surface area contributed by atoms with Crippen LogP contribution in [-0.4, -0.2) is 17.7 Å². The molecule has 1 rings (SSSR count). The van der Waals surface area contributed by atoms with Gasteiger partial charge in [0, 0.05) is 6.04 Å². The van der Waals surface area contributed by atoms with E-state index in [1.54, 1.807) is 0 Å². The van der Waals surface area contributed by atoms with Crippen LogP contribution in [0.5, 0.6) is 0 Å². The van der Waals surface area contributed by atoms with E-state index in [0.717, 1.165) is 5.92 Å². The van der Waals surface area contributed by atoms with Gasteiger partial charge in [-0.1, -0.05) is 19.8 Å². The van der Waals surface area contributed by atoms with Crippen molar-refractivity contribution >= 4 is 6.09 Å². The molecule has 1 saturated carbocycles. The minimum Gasteiger partial charge on any atom is -0.444 e. The molecule has 0 unspecified atom stereocenters. The lowest BCUT2D eigenvalue weighted by Crippen LogP contribution is -2.42. The Bertz CT molecular complexity index is 249. The predicted molar refractivity (Wildman–Crippen MR) is 70.0 cm³/mol. The molecule has 0 aromatic heterocycles. The summed E-state index contributed by atoms with van der Waals surface area (Å²) in [5.74, 6) is 1.46. The first kappa shape index (κ1) is 14.3. The van der Waals surface area contributed by atoms with Gasteiger partial charge in [0.25, 0.3) is 0 Å². The van der Waals surface area contributed by atoms with Crippen LogP contribution in [0.1, 0.15) is 60.3 Å². The smallest absolute Gasteiger partial charge is 0.407 e. The van der Waals surface area contributed by atoms with Crippen LogP contribution in [0.4, 0.5) is 4.79 Å². The van der Waals surface area contributed by atoms with E-state index in [-0.39, 0.29) is 12.1 Å². The van der Waals surface area contributed by atoms with Gasteiger partial charge < -0.3 is 10.1 Å². The first-order valence-electron chi connectivity index (χ1n) is 6.77. The molecular weight excluding hydrogens is 214 g/mol. The minimum atomic E-state index is -0.412. The van der Waals surface area contributed by atoms with E-state index < -0.39 is 5.60 Å². The van der Waals surface area contributed by atoms with Crippen molar-refractivity contribution in [3.8, 4) is 0 Å². The molecule has 1 aliphatic carbocycles. The summed E-state index contributed by atoms with van der Waals surface area (Å²) in [4.78, 5) is 11.6. The van der Waals surface area contributed by atoms with Crippen LogP contribution < -0.4 is 5.32 Å². The lowest BCUT2D eigenvalue weighted by atomic mass is 9.80. The zero-order chi connectivity index (χ0) is 13.1. The normalized spacial score (nSPS) is 27.4. The molecule has 3 nitrogen and oxygen atoms in total. The van der Waals surface area contributed by atoms with Crippen molar-refractivity contribution in [3.05, 3.63) is 0 Å². The van der Waals surface area contributed by atoms with Gasteiger partial charge in [-0.05, 0) is 52.4 Å². The highest BCUT2D eigenvalue weighted by Gasteiger charge is 2.25. The average Bonchev–Trinajstić information content (AvgIpc) is 2.15. The van der Waals surface area contributed by atoms with E-state index in [9.17, 15) is 4.79 Å². The van der Waals surface area contributed by atoms with Crippen LogP contribution in [0.15, 0.2) is 0 Å². The standard InChI is InChI=1S/C14H27NO2/c1-10-6-8-12(9-7-10)11(2)15-13(16)17-14(3,4)5/h10-12H,6-9H2,1-5H3,(H,15,16)/t10?,11-,12?/m0/s1. The second-order valence-corrected chi connectivity index (χ2v) is 6.45. The Kier molecular flexibility index (Phi) is 4.84. The van der Waals surface area contributed by atoms with E-state index in [1.807, 2.05) is 20.8 Å². The van der Waals surface area contributed by atoms with E-state index in [2.05, 4.69) is 19.2 Å². The van der Waals surface area contributed by atoms with Gasteiger partial charge in [-0.25, -0.2) is 4.79 Å². The third-order valence-corrected chi connectivity index (χ3v) is 3.51. The molecule has 0 aliphatic heterocycles. The SMILES string of the molecule is CC1CCC([C@H](C)NC(=O)OC(C)(C)C)CC1. The largest absolute Gasteiger partial charge is 0.444 e. The molecule has 100 valence electrons. The molecule has 0 aromatic carbocycles. The summed E-state index contributed by atoms with van der Waals surface area (Å²) >= 11 is 0. The van der Waals surface area contributed by atoms with Crippen molar-refractivity contribution in [2.45, 2.75) is 71.9 Å². The fourth-order valence-electron chi connectivity index (χ4n) is 2.40. The fraction of sp³-hybridized carbons (Fsp3) is 0.929. The fourth-order valence-corrected chi connectivity index (χ4v) is 2.40. The van der Waals surface area contributed by atoms with Crippen molar-refractivity contribution < 1.29 is 9.53 Å². The first-order valence-corrected chi connectivity index (χ1v) is 6.77. The molecule has 0 heterocycles. The van der Waals surface area contributed by atoms with Crippen molar-refractivity contribution in [3.63, 3.8) is 0 Å². The molecule has 3 heteroatoms. The molecule has 0 saturated heterocycles. The number of ether oxygens (including phenoxy) is 1. The number of hydrogen-bond acceptors (Lipinski definition) is 2. The van der Waals surface area contributed by atoms with Gasteiger partial charge in [0.2, 0.25) is 0 Å². The number of hydrogen-bond donors (Lipinski definition) is 1. The maximum absolute atomic E-state index is 11.6. The highest BCUT2D eigenvalue weighted by molar-refractivity contribution is 5.68. The number of carbonyl (C=O) groups is 1. The summed E-state index contributed by atoms with van der Waals surface area (Å²) in [6, 6.07) is 0.220. The molecular formula is C14H27NO2. The molecule has 1 amide bonds. The summed E-state index contributed by atoms with van der Waals surface area (Å²) in [5.41, 5.74) is -0.412. The summed E-state index contributed by atoms with van der Waals surface area (Å²) < 4.78 is 5.27. The zero-order valence-corrected chi connectivity index (χ0v) is 11.9. The van der Waals surface area contributed by atoms with Gasteiger partial charge in [-0.15, -0.1) is 0 Å². The number of nitrogens with one attached hydrogen (secondary N) is 1. The highest BCUT2D eigenvalue weighted by atomic mass is 16.6. The van der Waals surface area contributed by atoms with Crippen LogP contribution in [0.25, 0.3) is 0 Å². The molecule has 17 heavy (non-hydrogen) atoms. The summed E-state index contributed by atoms with van der Waals surface area (Å²) in [5, 5.41) is 2.96. The van der Waals surface area contributed by atoms with E-state index in [0.29, 0.717) is 5.92 Å². The zero-order valence-electron chi connectivity index (χ0n) is 11.9. The van der Waals surface area contributed by atoms with Crippen LogP contribution >= 0.6 is 0 Å². The van der Waals surface area contributed by atoms with E-state index in [1.165, 1.54) is 25.7 Å². The second-order valence-electron chi connectivity index (χ2n) is 6.45. The lowest BCUT2D eigenvalue weighted by molar-refractivity contribution is 0.0481. The van der Waals surface area contributed by atoms with Crippen LogP contribution in [-0.2, 0) is 4.74 Å². The van der Waals surface area contributed by atoms with Gasteiger partial charge in [-0.2, -0.15) is 0 Å². The first-order chi connectivity index (χ1) is 7.78. The number of carbonyl (C=O) groups excluding carboxylic acids is 1. The van der Waals surface area contributed by atoms with Crippen LogP contribution in [0.3, 0.4) is 0 Å². The van der Waals surface area contributed by atoms with Gasteiger partial charge in [0.05, 0.1) is 0 Å². The highest BCUT2D eigenvalue weighted by Crippen LogP contribution is 2.30. The van der Waals surface area contributed by atoms with Crippen molar-refractivity contribution in [1.82, 2.24) is 5.32 Å². The van der Waals surface area contributed by atoms with Gasteiger partial charge in [-0.3, -0.25) is 0 Å². The molecule has 0 radical (unpaired) electrons. The average molecular weight is 241 g/mol. The monoisotopic (exact) mass is 241 g/mol. The number of amides is 1. The van der Waals surface area contributed by atoms with E-state index >= 15 is 0 Å². The Morgan fingerprint density at radius 3 is 2.24 bits per heavy atom. The number of rotatable bonds is 2. The third kappa shape index (κ3) is 5.42. The maximum Gasteiger partial charge on any atom is 0.407 e. The Morgan fingerprint density at radius 1 is 1.24 bits per heavy atom. The maximum atomic E-state index is 11.6. The lowest BCUT2D eigenvalue weighted by Gasteiger charge is -2.31. The Labute approximate surface area is 105 Å². The summed E-state index contributed by atoms with van der Waals surface area (Å²) in [6.07, 6.45) is 4.72. The molecule has 1 N–H and O–H groups in total. The Balaban J connectivity index is 2.33. The Hall–Kier alpha value is -0.730. The molecule has 0 aromatic rings. The Morgan fingerprint density at radius 2 is 1.76 bits per heavy atom. The van der Waals surface area contributed by atoms with Gasteiger partial charge >= 0.3 is 6.09 Å². The minimum absolute atomic E-state index is 0.220. The summed E-state index contributed by atoms with van der Waals surface area (Å²) in [7, 11) is 0. The predicted octanol–water partition coefficient (Wildman–Crippen LogP) is 3.73. The van der Waals surface area contributed by atoms with Crippen molar-refractivity contribution in [2.75, 3.05) is 0 Å². The second kappa shape index (κ2) is 5.74. The van der Waals surface area contributed by atoms with Crippen LogP contribution in [0.2, 0.25) is 0 Å². The van der Waals surface area contributed by atoms with Gasteiger partial charge in [0.1, 0.15) is 5.60 Å². The quantitative estimate of drug-likeness (QED) is 0.800. The van der Waals surface area contributed by atoms with Crippen molar-refractivity contribution in [1.29, 1.82) is 0 Å². The molecule has 0 bridgehead atoms. The van der Waals surface area contributed by atoms with Crippen LogP contribution in [0, 0.1) is 11.8 Å². The number of alkyl carbamates (subject to hydrolysis) is 1. The molecule has 1 fully saturated rings. The van der Waals surface area contributed by atoms with Crippen molar-refractivity contribution in [2.24, 2.45) is 11.8 Å². The van der Waals surface area contributed by atoms with Gasteiger partial charge in [0.15, 0.2) is 0 Å². The van der Waals surface area contributed by atoms with E-state index in [4.69, 9.17) is 4.74 Å². The summed E-state index contributed by atoms with van der Waals surface area (Å²) in [6.45, 7) is 10.1. The third-order valence-electron chi connectivity index (χ3n) is 3.51.